The number of hydrogen-bond donors (Lipinski definition) is 0. The molecule has 0 fully saturated rings. The molecule has 0 spiro atoms. The maximum absolute atomic E-state index is 11.9. The van der Waals surface area contributed by atoms with Gasteiger partial charge in [-0.2, -0.15) is 5.10 Å². The monoisotopic (exact) mass is 370 g/mol. The molecule has 21 heavy (non-hydrogen) atoms. The Hall–Kier alpha value is -1.66. The van der Waals surface area contributed by atoms with Crippen molar-refractivity contribution in [3.8, 4) is 5.69 Å². The number of carbonyl (C=O) groups is 1. The lowest BCUT2D eigenvalue weighted by Gasteiger charge is -2.11. The first-order valence-corrected chi connectivity index (χ1v) is 7.17. The maximum Gasteiger partial charge on any atom is 0.362 e. The largest absolute Gasteiger partial charge is 0.464 e. The summed E-state index contributed by atoms with van der Waals surface area (Å²) in [6.07, 6.45) is 1.54. The predicted molar refractivity (Wildman–Crippen MR) is 83.4 cm³/mol. The first-order valence-electron chi connectivity index (χ1n) is 6.00. The zero-order chi connectivity index (χ0) is 15.7. The van der Waals surface area contributed by atoms with E-state index in [0.29, 0.717) is 16.3 Å². The molecule has 0 bridgehead atoms. The van der Waals surface area contributed by atoms with Gasteiger partial charge < -0.3 is 4.74 Å². The van der Waals surface area contributed by atoms with Gasteiger partial charge in [-0.25, -0.2) is 9.48 Å². The molecule has 0 unspecified atom stereocenters. The van der Waals surface area contributed by atoms with Crippen molar-refractivity contribution >= 4 is 33.5 Å². The number of rotatable bonds is 2. The molecule has 2 rings (SSSR count). The number of halogens is 2. The van der Waals surface area contributed by atoms with Crippen LogP contribution in [0.2, 0.25) is 5.02 Å². The summed E-state index contributed by atoms with van der Waals surface area (Å²) >= 11 is 9.55. The van der Waals surface area contributed by atoms with Crippen LogP contribution in [0.3, 0.4) is 0 Å². The number of carbonyl (C=O) groups excluding carboxylic acids is 1. The van der Waals surface area contributed by atoms with Crippen LogP contribution in [0, 0.1) is 13.8 Å². The summed E-state index contributed by atoms with van der Waals surface area (Å²) < 4.78 is 6.76. The summed E-state index contributed by atoms with van der Waals surface area (Å²) in [5.41, 5.74) is 1.19. The van der Waals surface area contributed by atoms with Gasteiger partial charge in [0.05, 0.1) is 12.8 Å². The van der Waals surface area contributed by atoms with E-state index in [2.05, 4.69) is 25.8 Å². The van der Waals surface area contributed by atoms with Crippen molar-refractivity contribution in [2.24, 2.45) is 0 Å². The Labute approximate surface area is 134 Å². The average molecular weight is 372 g/mol. The molecule has 0 saturated heterocycles. The highest BCUT2D eigenvalue weighted by Crippen LogP contribution is 2.27. The lowest BCUT2D eigenvalue weighted by molar-refractivity contribution is 0.0590. The van der Waals surface area contributed by atoms with Gasteiger partial charge in [-0.1, -0.05) is 11.6 Å². The molecule has 0 aliphatic heterocycles. The second kappa shape index (κ2) is 5.99. The van der Waals surface area contributed by atoms with Crippen LogP contribution in [0.5, 0.6) is 0 Å². The third kappa shape index (κ3) is 3.01. The number of aryl methyl sites for hydroxylation is 2. The minimum atomic E-state index is -0.771. The van der Waals surface area contributed by atoms with Crippen molar-refractivity contribution in [3.63, 3.8) is 0 Å². The van der Waals surface area contributed by atoms with Gasteiger partial charge in [-0.05, 0) is 47.5 Å². The molecule has 7 heteroatoms. The Morgan fingerprint density at radius 3 is 2.62 bits per heavy atom. The Bertz CT molecular complexity index is 787. The zero-order valence-electron chi connectivity index (χ0n) is 11.6. The first-order chi connectivity index (χ1) is 9.85. The summed E-state index contributed by atoms with van der Waals surface area (Å²) in [5, 5.41) is 4.61. The number of benzene rings is 1. The number of esters is 1. The summed E-state index contributed by atoms with van der Waals surface area (Å²) in [4.78, 5) is 23.6. The van der Waals surface area contributed by atoms with Gasteiger partial charge in [-0.15, -0.1) is 0 Å². The fourth-order valence-corrected chi connectivity index (χ4v) is 2.57. The molecule has 0 aliphatic rings. The Balaban J connectivity index is 2.71. The molecule has 1 aromatic heterocycles. The van der Waals surface area contributed by atoms with E-state index in [1.807, 2.05) is 13.0 Å². The Morgan fingerprint density at radius 1 is 1.33 bits per heavy atom. The van der Waals surface area contributed by atoms with Crippen molar-refractivity contribution in [2.75, 3.05) is 7.11 Å². The van der Waals surface area contributed by atoms with Crippen LogP contribution in [0.1, 0.15) is 21.6 Å². The highest BCUT2D eigenvalue weighted by molar-refractivity contribution is 9.10. The van der Waals surface area contributed by atoms with Crippen LogP contribution < -0.4 is 5.43 Å². The Morgan fingerprint density at radius 2 is 2.00 bits per heavy atom. The molecular weight excluding hydrogens is 360 g/mol. The minimum Gasteiger partial charge on any atom is -0.464 e. The topological polar surface area (TPSA) is 61.2 Å². The second-order valence-corrected chi connectivity index (χ2v) is 5.74. The van der Waals surface area contributed by atoms with Crippen molar-refractivity contribution in [1.82, 2.24) is 9.78 Å². The van der Waals surface area contributed by atoms with Crippen LogP contribution in [-0.4, -0.2) is 22.9 Å². The summed E-state index contributed by atoms with van der Waals surface area (Å²) in [5.74, 6) is -0.771. The van der Waals surface area contributed by atoms with Crippen LogP contribution in [-0.2, 0) is 4.74 Å². The number of nitrogens with zero attached hydrogens (tertiary/aromatic N) is 2. The van der Waals surface area contributed by atoms with E-state index in [-0.39, 0.29) is 5.69 Å². The lowest BCUT2D eigenvalue weighted by atomic mass is 10.2. The summed E-state index contributed by atoms with van der Waals surface area (Å²) in [7, 11) is 1.20. The summed E-state index contributed by atoms with van der Waals surface area (Å²) in [6.45, 7) is 3.48. The fourth-order valence-electron chi connectivity index (χ4n) is 1.78. The lowest BCUT2D eigenvalue weighted by Crippen LogP contribution is -2.24. The highest BCUT2D eigenvalue weighted by Gasteiger charge is 2.17. The molecule has 1 aromatic carbocycles. The Kier molecular flexibility index (Phi) is 4.49. The zero-order valence-corrected chi connectivity index (χ0v) is 13.9. The van der Waals surface area contributed by atoms with E-state index in [1.165, 1.54) is 11.8 Å². The number of aromatic nitrogens is 2. The van der Waals surface area contributed by atoms with Gasteiger partial charge in [0.1, 0.15) is 0 Å². The van der Waals surface area contributed by atoms with Gasteiger partial charge in [0.25, 0.3) is 0 Å². The smallest absolute Gasteiger partial charge is 0.362 e. The molecule has 110 valence electrons. The number of hydrogen-bond acceptors (Lipinski definition) is 4. The van der Waals surface area contributed by atoms with E-state index in [1.54, 1.807) is 19.2 Å². The quantitative estimate of drug-likeness (QED) is 0.761. The van der Waals surface area contributed by atoms with Crippen LogP contribution in [0.25, 0.3) is 5.69 Å². The number of methoxy groups -OCH3 is 1. The van der Waals surface area contributed by atoms with Crippen LogP contribution >= 0.6 is 27.5 Å². The second-order valence-electron chi connectivity index (χ2n) is 4.48. The molecule has 0 radical (unpaired) electrons. The minimum absolute atomic E-state index is 0.263. The highest BCUT2D eigenvalue weighted by atomic mass is 79.9. The molecule has 5 nitrogen and oxygen atoms in total. The molecule has 0 atom stereocenters. The molecule has 0 aliphatic carbocycles. The van der Waals surface area contributed by atoms with Gasteiger partial charge in [0.2, 0.25) is 11.1 Å². The van der Waals surface area contributed by atoms with E-state index >= 15 is 0 Å². The van der Waals surface area contributed by atoms with Crippen molar-refractivity contribution in [3.05, 3.63) is 54.9 Å². The summed E-state index contributed by atoms with van der Waals surface area (Å²) in [6, 6.07) is 3.55. The molecule has 0 amide bonds. The molecular formula is C14H12BrClN2O3. The van der Waals surface area contributed by atoms with E-state index in [9.17, 15) is 9.59 Å². The van der Waals surface area contributed by atoms with Crippen molar-refractivity contribution in [1.29, 1.82) is 0 Å². The van der Waals surface area contributed by atoms with E-state index < -0.39 is 11.4 Å². The van der Waals surface area contributed by atoms with Crippen LogP contribution in [0.4, 0.5) is 0 Å². The molecule has 0 N–H and O–H groups in total. The third-order valence-electron chi connectivity index (χ3n) is 2.95. The average Bonchev–Trinajstić information content (AvgIpc) is 2.45. The van der Waals surface area contributed by atoms with E-state index in [0.717, 1.165) is 10.0 Å². The third-order valence-corrected chi connectivity index (χ3v) is 3.99. The van der Waals surface area contributed by atoms with Crippen LogP contribution in [0.15, 0.2) is 27.6 Å². The fraction of sp³-hybridized carbons (Fsp3) is 0.214. The van der Waals surface area contributed by atoms with E-state index in [4.69, 9.17) is 11.6 Å². The van der Waals surface area contributed by atoms with Gasteiger partial charge in [0, 0.05) is 21.3 Å². The van der Waals surface area contributed by atoms with Gasteiger partial charge in [-0.3, -0.25) is 4.79 Å². The van der Waals surface area contributed by atoms with Gasteiger partial charge in [0.15, 0.2) is 0 Å². The SMILES string of the molecule is COC(=O)c1nn(-c2cc(Cl)c(C)cc2Br)cc(C)c1=O. The number of ether oxygens (including phenoxy) is 1. The molecule has 2 aromatic rings. The normalized spacial score (nSPS) is 10.5. The maximum atomic E-state index is 11.9. The first kappa shape index (κ1) is 15.7. The van der Waals surface area contributed by atoms with Gasteiger partial charge >= 0.3 is 5.97 Å². The molecule has 1 heterocycles. The predicted octanol–water partition coefficient (Wildman–Crippen LogP) is 3.05. The van der Waals surface area contributed by atoms with Crippen molar-refractivity contribution in [2.45, 2.75) is 13.8 Å². The standard InChI is InChI=1S/C14H12BrClN2O3/c1-7-4-9(15)11(5-10(7)16)18-6-8(2)13(19)12(17-18)14(20)21-3/h4-6H,1-3H3. The van der Waals surface area contributed by atoms with Crippen molar-refractivity contribution < 1.29 is 9.53 Å². The molecule has 0 saturated carbocycles.